The zero-order valence-corrected chi connectivity index (χ0v) is 14.5. The van der Waals surface area contributed by atoms with Gasteiger partial charge in [-0.05, 0) is 43.2 Å². The molecule has 0 amide bonds. The summed E-state index contributed by atoms with van der Waals surface area (Å²) < 4.78 is 43.8. The number of rotatable bonds is 4. The Labute approximate surface area is 149 Å². The van der Waals surface area contributed by atoms with Gasteiger partial charge in [-0.15, -0.1) is 0 Å². The number of hydrogen-bond acceptors (Lipinski definition) is 5. The zero-order valence-electron chi connectivity index (χ0n) is 14.5. The van der Waals surface area contributed by atoms with Crippen LogP contribution in [0.2, 0.25) is 0 Å². The third-order valence-electron chi connectivity index (χ3n) is 4.57. The van der Waals surface area contributed by atoms with E-state index in [0.717, 1.165) is 31.3 Å². The molecule has 0 spiro atoms. The van der Waals surface area contributed by atoms with E-state index in [1.807, 2.05) is 0 Å². The number of nitrogens with zero attached hydrogens (tertiary/aromatic N) is 3. The second-order valence-electron chi connectivity index (χ2n) is 6.48. The molecule has 140 valence electrons. The molecular formula is C18H20F3N3O2. The van der Waals surface area contributed by atoms with Gasteiger partial charge >= 0.3 is 6.18 Å². The van der Waals surface area contributed by atoms with E-state index in [1.54, 1.807) is 19.2 Å². The second-order valence-corrected chi connectivity index (χ2v) is 6.48. The standard InChI is InChI=1S/C18H20F3N3O2/c1-11-7-12(18(19,20)21)8-16(25)17(11)15-4-3-13(22-23-15)9-24-6-5-14(10-24)26-2/h3-4,7-8,14,25H,5-6,9-10H2,1-2H3/t14-/m0/s1. The van der Waals surface area contributed by atoms with Crippen molar-refractivity contribution in [3.63, 3.8) is 0 Å². The van der Waals surface area contributed by atoms with Crippen molar-refractivity contribution in [3.05, 3.63) is 41.1 Å². The van der Waals surface area contributed by atoms with Gasteiger partial charge in [0, 0.05) is 32.3 Å². The van der Waals surface area contributed by atoms with E-state index in [9.17, 15) is 18.3 Å². The predicted octanol–water partition coefficient (Wildman–Crippen LogP) is 3.40. The molecule has 26 heavy (non-hydrogen) atoms. The molecule has 1 saturated heterocycles. The first kappa shape index (κ1) is 18.6. The van der Waals surface area contributed by atoms with Crippen LogP contribution in [-0.2, 0) is 17.5 Å². The first-order valence-electron chi connectivity index (χ1n) is 8.27. The molecule has 2 heterocycles. The lowest BCUT2D eigenvalue weighted by Crippen LogP contribution is -2.23. The van der Waals surface area contributed by atoms with Crippen molar-refractivity contribution >= 4 is 0 Å². The van der Waals surface area contributed by atoms with E-state index in [2.05, 4.69) is 15.1 Å². The molecular weight excluding hydrogens is 347 g/mol. The molecule has 1 N–H and O–H groups in total. The Hall–Kier alpha value is -2.19. The summed E-state index contributed by atoms with van der Waals surface area (Å²) in [6.07, 6.45) is -3.30. The number of ether oxygens (including phenoxy) is 1. The van der Waals surface area contributed by atoms with E-state index in [1.165, 1.54) is 6.92 Å². The number of halogens is 3. The van der Waals surface area contributed by atoms with Crippen LogP contribution >= 0.6 is 0 Å². The van der Waals surface area contributed by atoms with E-state index in [0.29, 0.717) is 23.9 Å². The molecule has 0 bridgehead atoms. The van der Waals surface area contributed by atoms with E-state index in [-0.39, 0.29) is 11.7 Å². The van der Waals surface area contributed by atoms with Crippen LogP contribution in [-0.4, -0.2) is 46.5 Å². The minimum Gasteiger partial charge on any atom is -0.507 e. The summed E-state index contributed by atoms with van der Waals surface area (Å²) in [5, 5.41) is 18.3. The molecule has 1 aliphatic heterocycles. The zero-order chi connectivity index (χ0) is 18.9. The van der Waals surface area contributed by atoms with Crippen molar-refractivity contribution in [2.45, 2.75) is 32.2 Å². The number of aryl methyl sites for hydroxylation is 1. The highest BCUT2D eigenvalue weighted by molar-refractivity contribution is 5.71. The Balaban J connectivity index is 1.79. The largest absolute Gasteiger partial charge is 0.507 e. The Kier molecular flexibility index (Phi) is 5.15. The maximum absolute atomic E-state index is 12.8. The number of benzene rings is 1. The molecule has 8 heteroatoms. The summed E-state index contributed by atoms with van der Waals surface area (Å²) in [4.78, 5) is 2.21. The van der Waals surface area contributed by atoms with Gasteiger partial charge in [0.2, 0.25) is 0 Å². The number of aromatic hydroxyl groups is 1. The Morgan fingerprint density at radius 2 is 2.04 bits per heavy atom. The fourth-order valence-electron chi connectivity index (χ4n) is 3.21. The molecule has 0 unspecified atom stereocenters. The smallest absolute Gasteiger partial charge is 0.416 e. The van der Waals surface area contributed by atoms with E-state index in [4.69, 9.17) is 4.74 Å². The normalized spacial score (nSPS) is 18.4. The fraction of sp³-hybridized carbons (Fsp3) is 0.444. The maximum atomic E-state index is 12.8. The van der Waals surface area contributed by atoms with Gasteiger partial charge < -0.3 is 9.84 Å². The van der Waals surface area contributed by atoms with Crippen LogP contribution in [0.25, 0.3) is 11.3 Å². The molecule has 5 nitrogen and oxygen atoms in total. The van der Waals surface area contributed by atoms with Gasteiger partial charge in [0.1, 0.15) is 5.75 Å². The lowest BCUT2D eigenvalue weighted by atomic mass is 10.0. The Morgan fingerprint density at radius 1 is 1.27 bits per heavy atom. The summed E-state index contributed by atoms with van der Waals surface area (Å²) in [7, 11) is 1.70. The number of likely N-dealkylation sites (tertiary alicyclic amines) is 1. The highest BCUT2D eigenvalue weighted by Gasteiger charge is 2.32. The van der Waals surface area contributed by atoms with Crippen molar-refractivity contribution in [1.82, 2.24) is 15.1 Å². The van der Waals surface area contributed by atoms with Gasteiger partial charge in [-0.1, -0.05) is 0 Å². The van der Waals surface area contributed by atoms with Gasteiger partial charge in [0.25, 0.3) is 0 Å². The summed E-state index contributed by atoms with van der Waals surface area (Å²) in [6.45, 7) is 3.89. The monoisotopic (exact) mass is 367 g/mol. The molecule has 1 atom stereocenters. The molecule has 1 fully saturated rings. The van der Waals surface area contributed by atoms with E-state index < -0.39 is 17.5 Å². The number of phenols is 1. The molecule has 2 aromatic rings. The molecule has 0 radical (unpaired) electrons. The van der Waals surface area contributed by atoms with Crippen LogP contribution in [0.1, 0.15) is 23.2 Å². The maximum Gasteiger partial charge on any atom is 0.416 e. The van der Waals surface area contributed by atoms with Crippen LogP contribution < -0.4 is 0 Å². The molecule has 1 aromatic heterocycles. The van der Waals surface area contributed by atoms with Crippen molar-refractivity contribution in [2.24, 2.45) is 0 Å². The number of alkyl halides is 3. The first-order chi connectivity index (χ1) is 12.3. The van der Waals surface area contributed by atoms with Crippen LogP contribution in [0.15, 0.2) is 24.3 Å². The SMILES string of the molecule is CO[C@H]1CCN(Cc2ccc(-c3c(C)cc(C(F)(F)F)cc3O)nn2)C1. The minimum absolute atomic E-state index is 0.231. The number of phenolic OH excluding ortho intramolecular Hbond substituents is 1. The van der Waals surface area contributed by atoms with Crippen molar-refractivity contribution < 1.29 is 23.0 Å². The van der Waals surface area contributed by atoms with Gasteiger partial charge in [0.05, 0.1) is 23.1 Å². The third-order valence-corrected chi connectivity index (χ3v) is 4.57. The molecule has 0 saturated carbocycles. The topological polar surface area (TPSA) is 58.5 Å². The molecule has 3 rings (SSSR count). The molecule has 0 aliphatic carbocycles. The summed E-state index contributed by atoms with van der Waals surface area (Å²) in [5.41, 5.74) is 0.769. The average Bonchev–Trinajstić information content (AvgIpc) is 3.02. The van der Waals surface area contributed by atoms with Crippen molar-refractivity contribution in [1.29, 1.82) is 0 Å². The summed E-state index contributed by atoms with van der Waals surface area (Å²) in [5.74, 6) is -0.457. The van der Waals surface area contributed by atoms with Gasteiger partial charge in [-0.3, -0.25) is 4.90 Å². The summed E-state index contributed by atoms with van der Waals surface area (Å²) >= 11 is 0. The second kappa shape index (κ2) is 7.20. The average molecular weight is 367 g/mol. The van der Waals surface area contributed by atoms with E-state index >= 15 is 0 Å². The van der Waals surface area contributed by atoms with Gasteiger partial charge in [-0.2, -0.15) is 23.4 Å². The lowest BCUT2D eigenvalue weighted by molar-refractivity contribution is -0.137. The Bertz CT molecular complexity index is 755. The fourth-order valence-corrected chi connectivity index (χ4v) is 3.21. The lowest BCUT2D eigenvalue weighted by Gasteiger charge is -2.15. The predicted molar refractivity (Wildman–Crippen MR) is 89.6 cm³/mol. The van der Waals surface area contributed by atoms with Crippen molar-refractivity contribution in [2.75, 3.05) is 20.2 Å². The van der Waals surface area contributed by atoms with Gasteiger partial charge in [0.15, 0.2) is 0 Å². The van der Waals surface area contributed by atoms with Crippen LogP contribution in [0.3, 0.4) is 0 Å². The number of aromatic nitrogens is 2. The highest BCUT2D eigenvalue weighted by atomic mass is 19.4. The van der Waals surface area contributed by atoms with Crippen LogP contribution in [0.5, 0.6) is 5.75 Å². The molecule has 1 aromatic carbocycles. The van der Waals surface area contributed by atoms with Crippen LogP contribution in [0.4, 0.5) is 13.2 Å². The number of hydrogen-bond donors (Lipinski definition) is 1. The minimum atomic E-state index is -4.51. The van der Waals surface area contributed by atoms with Crippen molar-refractivity contribution in [3.8, 4) is 17.0 Å². The van der Waals surface area contributed by atoms with Crippen LogP contribution in [0, 0.1) is 6.92 Å². The Morgan fingerprint density at radius 3 is 2.58 bits per heavy atom. The number of methoxy groups -OCH3 is 1. The quantitative estimate of drug-likeness (QED) is 0.898. The first-order valence-corrected chi connectivity index (χ1v) is 8.27. The summed E-state index contributed by atoms with van der Waals surface area (Å²) in [6, 6.07) is 5.16. The van der Waals surface area contributed by atoms with Gasteiger partial charge in [-0.25, -0.2) is 0 Å². The molecule has 1 aliphatic rings. The third kappa shape index (κ3) is 3.96. The highest BCUT2D eigenvalue weighted by Crippen LogP contribution is 2.38.